The second kappa shape index (κ2) is 4.34. The molecule has 0 fully saturated rings. The van der Waals surface area contributed by atoms with Gasteiger partial charge in [0.2, 0.25) is 0 Å². The Morgan fingerprint density at radius 1 is 1.15 bits per heavy atom. The van der Waals surface area contributed by atoms with Crippen molar-refractivity contribution in [3.63, 3.8) is 0 Å². The fourth-order valence-corrected chi connectivity index (χ4v) is 2.18. The Balaban J connectivity index is 2.32. The van der Waals surface area contributed by atoms with E-state index in [1.807, 2.05) is 0 Å². The number of fused-ring (bicyclic) bond motifs is 1. The molecule has 2 aromatic heterocycles. The number of hydrogen-bond acceptors (Lipinski definition) is 4. The van der Waals surface area contributed by atoms with Gasteiger partial charge in [0, 0.05) is 30.7 Å². The van der Waals surface area contributed by atoms with Crippen molar-refractivity contribution in [2.45, 2.75) is 0 Å². The summed E-state index contributed by atoms with van der Waals surface area (Å²) in [6, 6.07) is 8.18. The summed E-state index contributed by atoms with van der Waals surface area (Å²) in [6.07, 6.45) is 3.02. The number of aryl methyl sites for hydroxylation is 1. The lowest BCUT2D eigenvalue weighted by Gasteiger charge is -2.02. The summed E-state index contributed by atoms with van der Waals surface area (Å²) in [7, 11) is 1.62. The Kier molecular flexibility index (Phi) is 2.64. The number of benzene rings is 1. The molecule has 0 bridgehead atoms. The van der Waals surface area contributed by atoms with Crippen molar-refractivity contribution >= 4 is 22.6 Å². The molecule has 0 spiro atoms. The van der Waals surface area contributed by atoms with Gasteiger partial charge in [-0.2, -0.15) is 0 Å². The Morgan fingerprint density at radius 3 is 2.55 bits per heavy atom. The minimum absolute atomic E-state index is 0.395. The molecule has 0 aliphatic rings. The van der Waals surface area contributed by atoms with Crippen LogP contribution in [0.15, 0.2) is 47.5 Å². The predicted molar refractivity (Wildman–Crippen MR) is 75.6 cm³/mol. The van der Waals surface area contributed by atoms with Crippen LogP contribution in [0.1, 0.15) is 10.4 Å². The number of carbonyl (C=O) groups excluding carboxylic acids is 1. The topological polar surface area (TPSA) is 82.9 Å². The molecule has 3 rings (SSSR count). The molecule has 0 atom stereocenters. The Bertz CT molecular complexity index is 862. The van der Waals surface area contributed by atoms with E-state index in [2.05, 4.69) is 4.98 Å². The minimum atomic E-state index is -0.396. The molecule has 0 saturated heterocycles. The van der Waals surface area contributed by atoms with Gasteiger partial charge >= 0.3 is 5.69 Å². The van der Waals surface area contributed by atoms with E-state index in [4.69, 9.17) is 5.73 Å². The highest BCUT2D eigenvalue weighted by Gasteiger charge is 2.18. The molecule has 1 aromatic carbocycles. The maximum absolute atomic E-state index is 12.5. The lowest BCUT2D eigenvalue weighted by Crippen LogP contribution is -2.28. The van der Waals surface area contributed by atoms with Crippen LogP contribution in [0.5, 0.6) is 0 Å². The molecule has 0 radical (unpaired) electrons. The first-order valence-electron chi connectivity index (χ1n) is 6.01. The van der Waals surface area contributed by atoms with Crippen molar-refractivity contribution in [1.82, 2.24) is 14.1 Å². The summed E-state index contributed by atoms with van der Waals surface area (Å²) in [5.41, 5.74) is 7.41. The maximum Gasteiger partial charge on any atom is 0.335 e. The third kappa shape index (κ3) is 1.70. The zero-order chi connectivity index (χ0) is 14.3. The summed E-state index contributed by atoms with van der Waals surface area (Å²) >= 11 is 0. The molecule has 20 heavy (non-hydrogen) atoms. The average Bonchev–Trinajstić information content (AvgIpc) is 2.71. The lowest BCUT2D eigenvalue weighted by molar-refractivity contribution is 0.0960. The van der Waals surface area contributed by atoms with Crippen molar-refractivity contribution in [2.24, 2.45) is 7.05 Å². The van der Waals surface area contributed by atoms with Crippen molar-refractivity contribution in [3.8, 4) is 0 Å². The van der Waals surface area contributed by atoms with Gasteiger partial charge in [0.15, 0.2) is 0 Å². The molecule has 3 aromatic rings. The molecule has 0 saturated carbocycles. The number of carbonyl (C=O) groups is 1. The zero-order valence-electron chi connectivity index (χ0n) is 10.8. The van der Waals surface area contributed by atoms with E-state index in [0.717, 1.165) is 4.57 Å². The Hall–Kier alpha value is -2.89. The number of hydrogen-bond donors (Lipinski definition) is 1. The molecule has 2 heterocycles. The van der Waals surface area contributed by atoms with Gasteiger partial charge < -0.3 is 5.73 Å². The molecular formula is C14H12N4O2. The molecule has 0 amide bonds. The van der Waals surface area contributed by atoms with Gasteiger partial charge in [-0.15, -0.1) is 0 Å². The number of pyridine rings is 1. The second-order valence-corrected chi connectivity index (χ2v) is 4.47. The van der Waals surface area contributed by atoms with E-state index < -0.39 is 11.6 Å². The van der Waals surface area contributed by atoms with Gasteiger partial charge in [0.1, 0.15) is 0 Å². The molecule has 2 N–H and O–H groups in total. The number of nitrogens with zero attached hydrogens (tertiary/aromatic N) is 3. The monoisotopic (exact) mass is 268 g/mol. The SMILES string of the molecule is Cn1c(=O)n(C(=O)c2ccncc2)c2cc(N)ccc21. The largest absolute Gasteiger partial charge is 0.399 e. The smallest absolute Gasteiger partial charge is 0.335 e. The van der Waals surface area contributed by atoms with Crippen LogP contribution in [0.2, 0.25) is 0 Å². The van der Waals surface area contributed by atoms with Crippen LogP contribution in [-0.4, -0.2) is 20.0 Å². The van der Waals surface area contributed by atoms with Crippen LogP contribution < -0.4 is 11.4 Å². The van der Waals surface area contributed by atoms with Crippen LogP contribution in [0.3, 0.4) is 0 Å². The quantitative estimate of drug-likeness (QED) is 0.667. The fourth-order valence-electron chi connectivity index (χ4n) is 2.18. The summed E-state index contributed by atoms with van der Waals surface area (Å²) in [5, 5.41) is 0. The average molecular weight is 268 g/mol. The van der Waals surface area contributed by atoms with E-state index in [-0.39, 0.29) is 0 Å². The predicted octanol–water partition coefficient (Wildman–Crippen LogP) is 1.01. The molecule has 100 valence electrons. The standard InChI is InChI=1S/C14H12N4O2/c1-17-11-3-2-10(15)8-12(11)18(14(17)20)13(19)9-4-6-16-7-5-9/h2-8H,15H2,1H3. The van der Waals surface area contributed by atoms with E-state index in [0.29, 0.717) is 22.3 Å². The molecular weight excluding hydrogens is 256 g/mol. The number of imidazole rings is 1. The third-order valence-corrected chi connectivity index (χ3v) is 3.21. The van der Waals surface area contributed by atoms with Crippen molar-refractivity contribution < 1.29 is 4.79 Å². The summed E-state index contributed by atoms with van der Waals surface area (Å²) in [6.45, 7) is 0. The Morgan fingerprint density at radius 2 is 1.85 bits per heavy atom. The number of nitrogen functional groups attached to an aromatic ring is 1. The van der Waals surface area contributed by atoms with Gasteiger partial charge in [0.25, 0.3) is 5.91 Å². The summed E-state index contributed by atoms with van der Waals surface area (Å²) in [4.78, 5) is 28.6. The normalized spacial score (nSPS) is 10.8. The van der Waals surface area contributed by atoms with Gasteiger partial charge in [-0.05, 0) is 30.3 Å². The summed E-state index contributed by atoms with van der Waals surface area (Å²) in [5.74, 6) is -0.395. The van der Waals surface area contributed by atoms with Crippen molar-refractivity contribution in [2.75, 3.05) is 5.73 Å². The molecule has 6 heteroatoms. The maximum atomic E-state index is 12.5. The second-order valence-electron chi connectivity index (χ2n) is 4.47. The van der Waals surface area contributed by atoms with Crippen molar-refractivity contribution in [1.29, 1.82) is 0 Å². The molecule has 6 nitrogen and oxygen atoms in total. The first-order valence-corrected chi connectivity index (χ1v) is 6.01. The zero-order valence-corrected chi connectivity index (χ0v) is 10.8. The van der Waals surface area contributed by atoms with Gasteiger partial charge in [0.05, 0.1) is 11.0 Å². The van der Waals surface area contributed by atoms with E-state index >= 15 is 0 Å². The number of nitrogens with two attached hydrogens (primary N) is 1. The van der Waals surface area contributed by atoms with Gasteiger partial charge in [-0.25, -0.2) is 9.36 Å². The molecule has 0 aliphatic carbocycles. The number of rotatable bonds is 1. The fraction of sp³-hybridized carbons (Fsp3) is 0.0714. The Labute approximate surface area is 114 Å². The van der Waals surface area contributed by atoms with Crippen LogP contribution in [0.25, 0.3) is 11.0 Å². The highest BCUT2D eigenvalue weighted by atomic mass is 16.2. The van der Waals surface area contributed by atoms with Gasteiger partial charge in [-0.3, -0.25) is 14.3 Å². The molecule has 0 aliphatic heterocycles. The summed E-state index contributed by atoms with van der Waals surface area (Å²) < 4.78 is 2.55. The lowest BCUT2D eigenvalue weighted by atomic mass is 10.2. The van der Waals surface area contributed by atoms with E-state index in [1.54, 1.807) is 37.4 Å². The van der Waals surface area contributed by atoms with Crippen LogP contribution >= 0.6 is 0 Å². The first kappa shape index (κ1) is 12.2. The van der Waals surface area contributed by atoms with E-state index in [9.17, 15) is 9.59 Å². The van der Waals surface area contributed by atoms with Crippen LogP contribution in [-0.2, 0) is 7.05 Å². The number of anilines is 1. The highest BCUT2D eigenvalue weighted by molar-refractivity contribution is 6.01. The molecule has 0 unspecified atom stereocenters. The number of aromatic nitrogens is 3. The van der Waals surface area contributed by atoms with Gasteiger partial charge in [-0.1, -0.05) is 0 Å². The minimum Gasteiger partial charge on any atom is -0.399 e. The van der Waals surface area contributed by atoms with Crippen LogP contribution in [0.4, 0.5) is 5.69 Å². The van der Waals surface area contributed by atoms with Crippen molar-refractivity contribution in [3.05, 3.63) is 58.8 Å². The first-order chi connectivity index (χ1) is 9.59. The third-order valence-electron chi connectivity index (χ3n) is 3.21. The van der Waals surface area contributed by atoms with Crippen LogP contribution in [0, 0.1) is 0 Å². The highest BCUT2D eigenvalue weighted by Crippen LogP contribution is 2.17. The van der Waals surface area contributed by atoms with E-state index in [1.165, 1.54) is 17.0 Å².